The lowest BCUT2D eigenvalue weighted by molar-refractivity contribution is -0.112. The third kappa shape index (κ3) is 3.27. The van der Waals surface area contributed by atoms with Gasteiger partial charge in [0.1, 0.15) is 11.9 Å². The first-order valence-corrected chi connectivity index (χ1v) is 8.78. The van der Waals surface area contributed by atoms with E-state index < -0.39 is 0 Å². The smallest absolute Gasteiger partial charge is 0.125 e. The number of alkyl halides is 1. The Morgan fingerprint density at radius 1 is 1.29 bits per heavy atom. The zero-order valence-electron chi connectivity index (χ0n) is 12.8. The van der Waals surface area contributed by atoms with Crippen LogP contribution in [-0.4, -0.2) is 31.5 Å². The highest BCUT2D eigenvalue weighted by molar-refractivity contribution is 9.08. The van der Waals surface area contributed by atoms with Crippen molar-refractivity contribution < 1.29 is 14.2 Å². The van der Waals surface area contributed by atoms with E-state index in [1.54, 1.807) is 0 Å². The van der Waals surface area contributed by atoms with Crippen LogP contribution in [0.3, 0.4) is 0 Å². The van der Waals surface area contributed by atoms with Gasteiger partial charge in [0, 0.05) is 31.2 Å². The summed E-state index contributed by atoms with van der Waals surface area (Å²) in [4.78, 5) is 0. The summed E-state index contributed by atoms with van der Waals surface area (Å²) in [5.41, 5.74) is 3.63. The molecule has 2 fully saturated rings. The number of ether oxygens (including phenoxy) is 3. The van der Waals surface area contributed by atoms with E-state index in [0.29, 0.717) is 6.61 Å². The van der Waals surface area contributed by atoms with E-state index in [1.165, 1.54) is 16.7 Å². The van der Waals surface area contributed by atoms with Gasteiger partial charge in [-0.1, -0.05) is 28.1 Å². The maximum atomic E-state index is 6.35. The van der Waals surface area contributed by atoms with Gasteiger partial charge < -0.3 is 14.2 Å². The molecule has 0 aliphatic carbocycles. The molecule has 3 nitrogen and oxygen atoms in total. The van der Waals surface area contributed by atoms with Crippen LogP contribution >= 0.6 is 15.9 Å². The molecule has 3 rings (SSSR count). The average molecular weight is 355 g/mol. The third-order valence-corrected chi connectivity index (χ3v) is 5.12. The Hall–Kier alpha value is -0.580. The van der Waals surface area contributed by atoms with Crippen molar-refractivity contribution in [1.82, 2.24) is 0 Å². The van der Waals surface area contributed by atoms with Crippen LogP contribution in [0.2, 0.25) is 0 Å². The summed E-state index contributed by atoms with van der Waals surface area (Å²) < 4.78 is 17.9. The molecule has 4 heteroatoms. The molecule has 0 amide bonds. The van der Waals surface area contributed by atoms with Gasteiger partial charge in [-0.15, -0.1) is 0 Å². The molecule has 2 aliphatic rings. The largest absolute Gasteiger partial charge is 0.490 e. The zero-order chi connectivity index (χ0) is 14.9. The summed E-state index contributed by atoms with van der Waals surface area (Å²) in [6.45, 7) is 6.55. The first-order valence-electron chi connectivity index (χ1n) is 7.66. The molecule has 1 spiro atoms. The molecule has 0 aromatic heterocycles. The number of halogens is 1. The maximum Gasteiger partial charge on any atom is 0.125 e. The normalized spacial score (nSPS) is 29.0. The fraction of sp³-hybridized carbons (Fsp3) is 0.647. The SMILES string of the molecule is Cc1cc(CBr)cc(C)c1OC1CCOC2(CCOC2)C1. The molecule has 2 unspecified atom stereocenters. The van der Waals surface area contributed by atoms with Gasteiger partial charge in [-0.05, 0) is 30.5 Å². The minimum absolute atomic E-state index is 0.0967. The van der Waals surface area contributed by atoms with Crippen molar-refractivity contribution in [3.63, 3.8) is 0 Å². The number of rotatable bonds is 3. The topological polar surface area (TPSA) is 27.7 Å². The first-order chi connectivity index (χ1) is 10.1. The Morgan fingerprint density at radius 3 is 2.67 bits per heavy atom. The molecular weight excluding hydrogens is 332 g/mol. The monoisotopic (exact) mass is 354 g/mol. The number of hydrogen-bond acceptors (Lipinski definition) is 3. The van der Waals surface area contributed by atoms with Gasteiger partial charge in [0.2, 0.25) is 0 Å². The van der Waals surface area contributed by atoms with Gasteiger partial charge in [0.25, 0.3) is 0 Å². The number of hydrogen-bond donors (Lipinski definition) is 0. The highest BCUT2D eigenvalue weighted by Crippen LogP contribution is 2.36. The van der Waals surface area contributed by atoms with Crippen molar-refractivity contribution in [2.24, 2.45) is 0 Å². The molecule has 2 saturated heterocycles. The minimum Gasteiger partial charge on any atom is -0.490 e. The molecule has 1 aromatic carbocycles. The predicted molar refractivity (Wildman–Crippen MR) is 86.3 cm³/mol. The average Bonchev–Trinajstić information content (AvgIpc) is 2.90. The standard InChI is InChI=1S/C17H23BrO3/c1-12-7-14(10-18)8-13(2)16(12)21-15-3-5-20-17(9-15)4-6-19-11-17/h7-8,15H,3-6,9-11H2,1-2H3. The zero-order valence-corrected chi connectivity index (χ0v) is 14.4. The van der Waals surface area contributed by atoms with E-state index in [0.717, 1.165) is 43.6 Å². The van der Waals surface area contributed by atoms with Crippen LogP contribution in [0, 0.1) is 13.8 Å². The van der Waals surface area contributed by atoms with Gasteiger partial charge in [-0.3, -0.25) is 0 Å². The Morgan fingerprint density at radius 2 is 2.05 bits per heavy atom. The summed E-state index contributed by atoms with van der Waals surface area (Å²) in [6, 6.07) is 4.40. The fourth-order valence-electron chi connectivity index (χ4n) is 3.42. The number of benzene rings is 1. The lowest BCUT2D eigenvalue weighted by Crippen LogP contribution is -2.44. The summed E-state index contributed by atoms with van der Waals surface area (Å²) in [7, 11) is 0. The van der Waals surface area contributed by atoms with E-state index in [-0.39, 0.29) is 11.7 Å². The lowest BCUT2D eigenvalue weighted by atomic mass is 9.91. The maximum absolute atomic E-state index is 6.35. The Balaban J connectivity index is 1.74. The van der Waals surface area contributed by atoms with Crippen molar-refractivity contribution >= 4 is 15.9 Å². The van der Waals surface area contributed by atoms with E-state index >= 15 is 0 Å². The molecule has 21 heavy (non-hydrogen) atoms. The number of aryl methyl sites for hydroxylation is 2. The minimum atomic E-state index is -0.0967. The van der Waals surface area contributed by atoms with Gasteiger partial charge in [-0.2, -0.15) is 0 Å². The molecule has 2 aliphatic heterocycles. The molecule has 0 saturated carbocycles. The van der Waals surface area contributed by atoms with Crippen molar-refractivity contribution in [2.45, 2.75) is 50.1 Å². The van der Waals surface area contributed by atoms with Crippen LogP contribution in [0.5, 0.6) is 5.75 Å². The molecule has 0 N–H and O–H groups in total. The highest BCUT2D eigenvalue weighted by Gasteiger charge is 2.42. The molecular formula is C17H23BrO3. The van der Waals surface area contributed by atoms with Crippen molar-refractivity contribution in [3.8, 4) is 5.75 Å². The van der Waals surface area contributed by atoms with Crippen LogP contribution in [0.25, 0.3) is 0 Å². The quantitative estimate of drug-likeness (QED) is 0.770. The van der Waals surface area contributed by atoms with Gasteiger partial charge >= 0.3 is 0 Å². The second-order valence-electron chi connectivity index (χ2n) is 6.26. The van der Waals surface area contributed by atoms with E-state index in [1.807, 2.05) is 0 Å². The molecule has 116 valence electrons. The Bertz CT molecular complexity index is 486. The molecule has 2 atom stereocenters. The van der Waals surface area contributed by atoms with Crippen LogP contribution in [0.4, 0.5) is 0 Å². The predicted octanol–water partition coefficient (Wildman–Crippen LogP) is 3.92. The van der Waals surface area contributed by atoms with Gasteiger partial charge in [0.15, 0.2) is 0 Å². The van der Waals surface area contributed by atoms with Gasteiger partial charge in [-0.25, -0.2) is 0 Å². The summed E-state index contributed by atoms with van der Waals surface area (Å²) in [5.74, 6) is 1.04. The van der Waals surface area contributed by atoms with Crippen LogP contribution in [-0.2, 0) is 14.8 Å². The van der Waals surface area contributed by atoms with Crippen molar-refractivity contribution in [2.75, 3.05) is 19.8 Å². The first kappa shape index (κ1) is 15.3. The Labute approximate surface area is 135 Å². The summed E-state index contributed by atoms with van der Waals surface area (Å²) in [6.07, 6.45) is 3.12. The second kappa shape index (κ2) is 6.27. The highest BCUT2D eigenvalue weighted by atomic mass is 79.9. The van der Waals surface area contributed by atoms with Crippen LogP contribution in [0.1, 0.15) is 36.0 Å². The lowest BCUT2D eigenvalue weighted by Gasteiger charge is -2.37. The molecule has 0 bridgehead atoms. The van der Waals surface area contributed by atoms with E-state index in [2.05, 4.69) is 41.9 Å². The molecule has 1 aromatic rings. The summed E-state index contributed by atoms with van der Waals surface area (Å²) >= 11 is 3.52. The van der Waals surface area contributed by atoms with Crippen LogP contribution in [0.15, 0.2) is 12.1 Å². The fourth-order valence-corrected chi connectivity index (χ4v) is 3.74. The van der Waals surface area contributed by atoms with Crippen molar-refractivity contribution in [3.05, 3.63) is 28.8 Å². The van der Waals surface area contributed by atoms with E-state index in [9.17, 15) is 0 Å². The molecule has 0 radical (unpaired) electrons. The van der Waals surface area contributed by atoms with Crippen molar-refractivity contribution in [1.29, 1.82) is 0 Å². The van der Waals surface area contributed by atoms with Gasteiger partial charge in [0.05, 0.1) is 18.8 Å². The molecule has 2 heterocycles. The summed E-state index contributed by atoms with van der Waals surface area (Å²) in [5, 5.41) is 0.882. The second-order valence-corrected chi connectivity index (χ2v) is 6.82. The van der Waals surface area contributed by atoms with Crippen LogP contribution < -0.4 is 4.74 Å². The van der Waals surface area contributed by atoms with E-state index in [4.69, 9.17) is 14.2 Å². The third-order valence-electron chi connectivity index (χ3n) is 4.47. The Kier molecular flexibility index (Phi) is 4.57.